The molecule has 2 rings (SSSR count). The second-order valence-electron chi connectivity index (χ2n) is 6.07. The molecule has 1 aromatic rings. The van der Waals surface area contributed by atoms with Crippen LogP contribution in [-0.4, -0.2) is 28.1 Å². The number of methoxy groups -OCH3 is 1. The van der Waals surface area contributed by atoms with Crippen LogP contribution in [0.2, 0.25) is 0 Å². The molecule has 1 atom stereocenters. The lowest BCUT2D eigenvalue weighted by atomic mass is 9.84. The number of benzene rings is 1. The number of sulfonamides is 1. The van der Waals surface area contributed by atoms with Crippen LogP contribution in [0.3, 0.4) is 0 Å². The Balaban J connectivity index is 2.25. The smallest absolute Gasteiger partial charge is 0.241 e. The molecule has 1 fully saturated rings. The summed E-state index contributed by atoms with van der Waals surface area (Å²) < 4.78 is 47.0. The standard InChI is InChI=1S/C16H25FN2O3S/c1-11-15(9-8-14(22-2)16(11)17)23(20,21)19-13(10-18)12-6-4-3-5-7-12/h8-9,12-13,19H,3-7,10,18H2,1-2H3. The Hall–Kier alpha value is -1.18. The van der Waals surface area contributed by atoms with E-state index in [1.165, 1.54) is 32.6 Å². The third kappa shape index (κ3) is 4.02. The zero-order valence-corrected chi connectivity index (χ0v) is 14.5. The third-order valence-corrected chi connectivity index (χ3v) is 6.22. The van der Waals surface area contributed by atoms with E-state index in [1.54, 1.807) is 0 Å². The van der Waals surface area contributed by atoms with Gasteiger partial charge in [-0.1, -0.05) is 19.3 Å². The second kappa shape index (κ2) is 7.59. The molecule has 1 aromatic carbocycles. The fraction of sp³-hybridized carbons (Fsp3) is 0.625. The van der Waals surface area contributed by atoms with E-state index in [1.807, 2.05) is 0 Å². The number of hydrogen-bond acceptors (Lipinski definition) is 4. The molecule has 0 aromatic heterocycles. The lowest BCUT2D eigenvalue weighted by Gasteiger charge is -2.30. The SMILES string of the molecule is COc1ccc(S(=O)(=O)NC(CN)C2CCCCC2)c(C)c1F. The summed E-state index contributed by atoms with van der Waals surface area (Å²) in [5.41, 5.74) is 5.83. The maximum atomic E-state index is 14.1. The maximum Gasteiger partial charge on any atom is 0.241 e. The van der Waals surface area contributed by atoms with Gasteiger partial charge < -0.3 is 10.5 Å². The van der Waals surface area contributed by atoms with Crippen molar-refractivity contribution in [1.29, 1.82) is 0 Å². The van der Waals surface area contributed by atoms with Crippen LogP contribution in [0, 0.1) is 18.7 Å². The third-order valence-electron chi connectivity index (χ3n) is 4.59. The molecule has 0 saturated heterocycles. The predicted molar refractivity (Wildman–Crippen MR) is 87.4 cm³/mol. The largest absolute Gasteiger partial charge is 0.494 e. The van der Waals surface area contributed by atoms with Gasteiger partial charge in [0.1, 0.15) is 0 Å². The van der Waals surface area contributed by atoms with Crippen molar-refractivity contribution in [3.63, 3.8) is 0 Å². The van der Waals surface area contributed by atoms with Gasteiger partial charge in [-0.2, -0.15) is 0 Å². The summed E-state index contributed by atoms with van der Waals surface area (Å²) in [6.07, 6.45) is 5.32. The molecule has 130 valence electrons. The molecule has 0 spiro atoms. The van der Waals surface area contributed by atoms with E-state index >= 15 is 0 Å². The number of hydrogen-bond donors (Lipinski definition) is 2. The van der Waals surface area contributed by atoms with E-state index in [-0.39, 0.29) is 34.7 Å². The van der Waals surface area contributed by atoms with E-state index in [4.69, 9.17) is 10.5 Å². The second-order valence-corrected chi connectivity index (χ2v) is 7.75. The van der Waals surface area contributed by atoms with Crippen molar-refractivity contribution in [2.45, 2.75) is 50.0 Å². The van der Waals surface area contributed by atoms with Gasteiger partial charge in [0.05, 0.1) is 12.0 Å². The monoisotopic (exact) mass is 344 g/mol. The number of rotatable bonds is 6. The number of nitrogens with two attached hydrogens (primary N) is 1. The molecule has 0 aliphatic heterocycles. The molecule has 3 N–H and O–H groups in total. The molecule has 1 aliphatic rings. The van der Waals surface area contributed by atoms with Crippen LogP contribution in [0.1, 0.15) is 37.7 Å². The fourth-order valence-corrected chi connectivity index (χ4v) is 4.78. The Morgan fingerprint density at radius 2 is 2.00 bits per heavy atom. The molecule has 0 bridgehead atoms. The minimum absolute atomic E-state index is 0.0316. The lowest BCUT2D eigenvalue weighted by Crippen LogP contribution is -2.46. The van der Waals surface area contributed by atoms with Gasteiger partial charge in [0.25, 0.3) is 0 Å². The van der Waals surface area contributed by atoms with E-state index in [2.05, 4.69) is 4.72 Å². The van der Waals surface area contributed by atoms with Crippen LogP contribution < -0.4 is 15.2 Å². The zero-order chi connectivity index (χ0) is 17.0. The first-order valence-corrected chi connectivity index (χ1v) is 9.44. The van der Waals surface area contributed by atoms with E-state index in [9.17, 15) is 12.8 Å². The first kappa shape index (κ1) is 18.2. The van der Waals surface area contributed by atoms with Crippen LogP contribution in [0.15, 0.2) is 17.0 Å². The predicted octanol–water partition coefficient (Wildman–Crippen LogP) is 2.33. The van der Waals surface area contributed by atoms with Gasteiger partial charge in [-0.25, -0.2) is 17.5 Å². The highest BCUT2D eigenvalue weighted by atomic mass is 32.2. The van der Waals surface area contributed by atoms with Crippen molar-refractivity contribution < 1.29 is 17.5 Å². The molecular weight excluding hydrogens is 319 g/mol. The average Bonchev–Trinajstić information content (AvgIpc) is 2.55. The molecule has 1 aliphatic carbocycles. The number of halogens is 1. The van der Waals surface area contributed by atoms with Crippen molar-refractivity contribution in [2.24, 2.45) is 11.7 Å². The Kier molecular flexibility index (Phi) is 6.00. The topological polar surface area (TPSA) is 81.4 Å². The van der Waals surface area contributed by atoms with Crippen LogP contribution in [0.25, 0.3) is 0 Å². The Morgan fingerprint density at radius 3 is 2.57 bits per heavy atom. The minimum Gasteiger partial charge on any atom is -0.494 e. The number of ether oxygens (including phenoxy) is 1. The zero-order valence-electron chi connectivity index (χ0n) is 13.6. The molecule has 5 nitrogen and oxygen atoms in total. The highest BCUT2D eigenvalue weighted by molar-refractivity contribution is 7.89. The van der Waals surface area contributed by atoms with Gasteiger partial charge in [-0.05, 0) is 37.8 Å². The van der Waals surface area contributed by atoms with Gasteiger partial charge in [0, 0.05) is 18.2 Å². The molecule has 0 amide bonds. The molecule has 1 unspecified atom stereocenters. The highest BCUT2D eigenvalue weighted by Gasteiger charge is 2.29. The number of nitrogens with one attached hydrogen (secondary N) is 1. The van der Waals surface area contributed by atoms with Crippen molar-refractivity contribution in [3.8, 4) is 5.75 Å². The summed E-state index contributed by atoms with van der Waals surface area (Å²) in [4.78, 5) is -0.0648. The van der Waals surface area contributed by atoms with Gasteiger partial charge in [0.15, 0.2) is 11.6 Å². The lowest BCUT2D eigenvalue weighted by molar-refractivity contribution is 0.294. The van der Waals surface area contributed by atoms with E-state index < -0.39 is 15.8 Å². The maximum absolute atomic E-state index is 14.1. The van der Waals surface area contributed by atoms with Crippen LogP contribution >= 0.6 is 0 Å². The van der Waals surface area contributed by atoms with Crippen LogP contribution in [-0.2, 0) is 10.0 Å². The molecule has 7 heteroatoms. The molecule has 1 saturated carbocycles. The molecule has 0 radical (unpaired) electrons. The van der Waals surface area contributed by atoms with Gasteiger partial charge >= 0.3 is 0 Å². The summed E-state index contributed by atoms with van der Waals surface area (Å²) in [5.74, 6) is -0.381. The summed E-state index contributed by atoms with van der Waals surface area (Å²) in [7, 11) is -2.48. The quantitative estimate of drug-likeness (QED) is 0.830. The summed E-state index contributed by atoms with van der Waals surface area (Å²) in [6, 6.07) is 2.38. The molecular formula is C16H25FN2O3S. The summed E-state index contributed by atoms with van der Waals surface area (Å²) in [5, 5.41) is 0. The van der Waals surface area contributed by atoms with Gasteiger partial charge in [0.2, 0.25) is 10.0 Å². The van der Waals surface area contributed by atoms with Crippen molar-refractivity contribution >= 4 is 10.0 Å². The van der Waals surface area contributed by atoms with Crippen molar-refractivity contribution in [3.05, 3.63) is 23.5 Å². The Morgan fingerprint density at radius 1 is 1.35 bits per heavy atom. The van der Waals surface area contributed by atoms with Crippen molar-refractivity contribution in [1.82, 2.24) is 4.72 Å². The van der Waals surface area contributed by atoms with Crippen LogP contribution in [0.5, 0.6) is 5.75 Å². The van der Waals surface area contributed by atoms with Gasteiger partial charge in [-0.15, -0.1) is 0 Å². The Labute approximate surface area is 137 Å². The first-order chi connectivity index (χ1) is 10.9. The Bertz CT molecular complexity index is 643. The van der Waals surface area contributed by atoms with E-state index in [0.717, 1.165) is 25.7 Å². The van der Waals surface area contributed by atoms with Crippen LogP contribution in [0.4, 0.5) is 4.39 Å². The summed E-state index contributed by atoms with van der Waals surface area (Å²) >= 11 is 0. The highest BCUT2D eigenvalue weighted by Crippen LogP contribution is 2.29. The summed E-state index contributed by atoms with van der Waals surface area (Å²) in [6.45, 7) is 1.67. The normalized spacial score (nSPS) is 17.9. The molecule has 0 heterocycles. The average molecular weight is 344 g/mol. The fourth-order valence-electron chi connectivity index (χ4n) is 3.23. The van der Waals surface area contributed by atoms with Gasteiger partial charge in [-0.3, -0.25) is 0 Å². The van der Waals surface area contributed by atoms with E-state index in [0.29, 0.717) is 0 Å². The van der Waals surface area contributed by atoms with Crippen molar-refractivity contribution in [2.75, 3.05) is 13.7 Å². The minimum atomic E-state index is -3.82. The molecule has 23 heavy (non-hydrogen) atoms. The first-order valence-electron chi connectivity index (χ1n) is 7.96.